The third-order valence-corrected chi connectivity index (χ3v) is 9.81. The van der Waals surface area contributed by atoms with Crippen LogP contribution in [0.3, 0.4) is 0 Å². The Labute approximate surface area is 289 Å². The quantitative estimate of drug-likeness (QED) is 0.326. The van der Waals surface area contributed by atoms with Crippen LogP contribution in [0.5, 0.6) is 5.75 Å². The Morgan fingerprint density at radius 3 is 2.33 bits per heavy atom. The molecule has 1 aromatic heterocycles. The molecule has 270 valence electrons. The van der Waals surface area contributed by atoms with Crippen molar-refractivity contribution in [1.82, 2.24) is 35.9 Å². The number of hydrogen-bond donors (Lipinski definition) is 5. The molecule has 13 heteroatoms. The van der Waals surface area contributed by atoms with E-state index in [-0.39, 0.29) is 29.3 Å². The third-order valence-electron chi connectivity index (χ3n) is 9.81. The predicted octanol–water partition coefficient (Wildman–Crippen LogP) is 1.89. The number of nitrogens with one attached hydrogen (secondary N) is 4. The van der Waals surface area contributed by atoms with Crippen LogP contribution in [0.1, 0.15) is 78.3 Å². The van der Waals surface area contributed by atoms with E-state index < -0.39 is 42.0 Å². The first kappa shape index (κ1) is 37.8. The number of aliphatic hydroxyl groups excluding tert-OH is 1. The highest BCUT2D eigenvalue weighted by atomic mass is 16.5. The number of aromatic amines is 1. The molecule has 0 aliphatic carbocycles. The number of piperidine rings is 1. The lowest BCUT2D eigenvalue weighted by atomic mass is 9.73. The summed E-state index contributed by atoms with van der Waals surface area (Å²) in [7, 11) is 1.43. The summed E-state index contributed by atoms with van der Waals surface area (Å²) in [6, 6.07) is 6.58. The SMILES string of the molecule is CC(C)[C@H]1NC(=O)[C@H](C)N(C)C(=O)[C@H]([C@@H](C)O)NC(=O)COc2cccc(c2)CC2(CCN(Cc3cc(C(C)(C)C)n[nH]3)CC2)CNC1=O. The van der Waals surface area contributed by atoms with Crippen molar-refractivity contribution in [3.05, 3.63) is 47.3 Å². The number of likely N-dealkylation sites (N-methyl/N-ethyl adjacent to an activating group) is 1. The summed E-state index contributed by atoms with van der Waals surface area (Å²) >= 11 is 0. The van der Waals surface area contributed by atoms with Gasteiger partial charge in [0, 0.05) is 31.2 Å². The van der Waals surface area contributed by atoms with Gasteiger partial charge in [0.2, 0.25) is 17.7 Å². The summed E-state index contributed by atoms with van der Waals surface area (Å²) < 4.78 is 5.82. The highest BCUT2D eigenvalue weighted by molar-refractivity contribution is 5.94. The Morgan fingerprint density at radius 1 is 1.02 bits per heavy atom. The minimum absolute atomic E-state index is 0.0403. The number of H-pyrrole nitrogens is 1. The molecule has 1 spiro atoms. The molecule has 4 rings (SSSR count). The number of nitrogens with zero attached hydrogens (tertiary/aromatic N) is 3. The molecule has 1 aromatic carbocycles. The number of carbonyl (C=O) groups excluding carboxylic acids is 4. The molecule has 1 saturated heterocycles. The number of ether oxygens (including phenoxy) is 1. The van der Waals surface area contributed by atoms with Gasteiger partial charge < -0.3 is 30.7 Å². The maximum Gasteiger partial charge on any atom is 0.258 e. The zero-order chi connectivity index (χ0) is 36.1. The molecule has 2 aliphatic rings. The largest absolute Gasteiger partial charge is 0.484 e. The molecule has 5 N–H and O–H groups in total. The second-order valence-electron chi connectivity index (χ2n) is 15.3. The highest BCUT2D eigenvalue weighted by Gasteiger charge is 2.38. The van der Waals surface area contributed by atoms with Crippen molar-refractivity contribution in [3.8, 4) is 5.75 Å². The van der Waals surface area contributed by atoms with Crippen molar-refractivity contribution in [2.45, 2.75) is 104 Å². The predicted molar refractivity (Wildman–Crippen MR) is 185 cm³/mol. The van der Waals surface area contributed by atoms with Crippen LogP contribution in [-0.4, -0.2) is 106 Å². The van der Waals surface area contributed by atoms with Gasteiger partial charge in [-0.15, -0.1) is 0 Å². The summed E-state index contributed by atoms with van der Waals surface area (Å²) in [5.74, 6) is -1.77. The summed E-state index contributed by atoms with van der Waals surface area (Å²) in [5.41, 5.74) is 2.79. The van der Waals surface area contributed by atoms with Crippen molar-refractivity contribution in [2.75, 3.05) is 33.3 Å². The van der Waals surface area contributed by atoms with E-state index in [1.165, 1.54) is 20.9 Å². The van der Waals surface area contributed by atoms with Gasteiger partial charge in [-0.3, -0.25) is 29.2 Å². The summed E-state index contributed by atoms with van der Waals surface area (Å²) in [6.45, 7) is 15.5. The van der Waals surface area contributed by atoms with Crippen LogP contribution in [0.15, 0.2) is 30.3 Å². The van der Waals surface area contributed by atoms with Crippen molar-refractivity contribution >= 4 is 23.6 Å². The van der Waals surface area contributed by atoms with E-state index in [1.807, 2.05) is 32.0 Å². The van der Waals surface area contributed by atoms with Gasteiger partial charge in [0.25, 0.3) is 5.91 Å². The highest BCUT2D eigenvalue weighted by Crippen LogP contribution is 2.36. The number of amides is 4. The lowest BCUT2D eigenvalue weighted by Crippen LogP contribution is -2.59. The molecule has 2 aromatic rings. The van der Waals surface area contributed by atoms with Gasteiger partial charge in [-0.2, -0.15) is 5.10 Å². The minimum atomic E-state index is -1.30. The fraction of sp³-hybridized carbons (Fsp3) is 0.639. The molecule has 1 fully saturated rings. The summed E-state index contributed by atoms with van der Waals surface area (Å²) in [6.07, 6.45) is 1.08. The fourth-order valence-corrected chi connectivity index (χ4v) is 6.38. The van der Waals surface area contributed by atoms with Crippen molar-refractivity contribution in [1.29, 1.82) is 0 Å². The van der Waals surface area contributed by atoms with E-state index in [0.717, 1.165) is 54.3 Å². The van der Waals surface area contributed by atoms with Crippen LogP contribution in [-0.2, 0) is 37.6 Å². The standard InChI is InChI=1S/C36H55N7O6/c1-22(2)30-33(47)37-21-36(12-14-43(15-13-36)19-26-17-28(41-40-26)35(5,6)7)18-25-10-9-11-27(16-25)49-20-29(45)38-31(24(4)44)34(48)42(8)23(3)32(46)39-30/h9-11,16-17,22-24,30-31,44H,12-15,18-21H2,1-8H3,(H,37,47)(H,38,45)(H,39,46)(H,40,41)/t23-,24+,30+,31-/m0/s1. The monoisotopic (exact) mass is 681 g/mol. The Balaban J connectivity index is 1.59. The molecule has 0 saturated carbocycles. The van der Waals surface area contributed by atoms with Crippen LogP contribution in [0.4, 0.5) is 0 Å². The van der Waals surface area contributed by atoms with E-state index in [1.54, 1.807) is 6.07 Å². The van der Waals surface area contributed by atoms with Crippen LogP contribution in [0.25, 0.3) is 0 Å². The maximum atomic E-state index is 13.7. The van der Waals surface area contributed by atoms with E-state index in [9.17, 15) is 24.3 Å². The molecular formula is C36H55N7O6. The number of carbonyl (C=O) groups is 4. The van der Waals surface area contributed by atoms with Gasteiger partial charge in [0.15, 0.2) is 6.61 Å². The zero-order valence-corrected chi connectivity index (χ0v) is 30.3. The number of hydrogen-bond acceptors (Lipinski definition) is 8. The Kier molecular flexibility index (Phi) is 12.1. The van der Waals surface area contributed by atoms with Crippen molar-refractivity contribution < 1.29 is 29.0 Å². The molecular weight excluding hydrogens is 626 g/mol. The second kappa shape index (κ2) is 15.7. The fourth-order valence-electron chi connectivity index (χ4n) is 6.38. The van der Waals surface area contributed by atoms with Crippen LogP contribution >= 0.6 is 0 Å². The Morgan fingerprint density at radius 2 is 1.71 bits per heavy atom. The Bertz CT molecular complexity index is 1470. The molecule has 13 nitrogen and oxygen atoms in total. The zero-order valence-electron chi connectivity index (χ0n) is 30.3. The van der Waals surface area contributed by atoms with Crippen LogP contribution in [0, 0.1) is 11.3 Å². The maximum absolute atomic E-state index is 13.7. The van der Waals surface area contributed by atoms with E-state index in [4.69, 9.17) is 4.74 Å². The number of aromatic nitrogens is 2. The van der Waals surface area contributed by atoms with Crippen LogP contribution < -0.4 is 20.7 Å². The molecule has 4 atom stereocenters. The average Bonchev–Trinajstić information content (AvgIpc) is 3.53. The first-order chi connectivity index (χ1) is 23.0. The Hall–Kier alpha value is -3.97. The van der Waals surface area contributed by atoms with Crippen molar-refractivity contribution in [3.63, 3.8) is 0 Å². The number of benzene rings is 1. The number of aliphatic hydroxyl groups is 1. The van der Waals surface area contributed by atoms with Gasteiger partial charge in [0.05, 0.1) is 11.8 Å². The molecule has 0 radical (unpaired) electrons. The van der Waals surface area contributed by atoms with Gasteiger partial charge >= 0.3 is 0 Å². The van der Waals surface area contributed by atoms with Crippen LogP contribution in [0.2, 0.25) is 0 Å². The summed E-state index contributed by atoms with van der Waals surface area (Å²) in [5, 5.41) is 26.7. The van der Waals surface area contributed by atoms with E-state index >= 15 is 0 Å². The molecule has 4 amide bonds. The van der Waals surface area contributed by atoms with Crippen molar-refractivity contribution in [2.24, 2.45) is 11.3 Å². The number of rotatable bonds is 4. The lowest BCUT2D eigenvalue weighted by Gasteiger charge is -2.42. The average molecular weight is 682 g/mol. The van der Waals surface area contributed by atoms with Gasteiger partial charge in [0.1, 0.15) is 23.9 Å². The topological polar surface area (TPSA) is 169 Å². The molecule has 2 bridgehead atoms. The van der Waals surface area contributed by atoms with Gasteiger partial charge in [-0.05, 0) is 81.3 Å². The second-order valence-corrected chi connectivity index (χ2v) is 15.3. The molecule has 0 unspecified atom stereocenters. The molecule has 49 heavy (non-hydrogen) atoms. The minimum Gasteiger partial charge on any atom is -0.484 e. The first-order valence-corrected chi connectivity index (χ1v) is 17.3. The normalized spacial score (nSPS) is 24.3. The lowest BCUT2D eigenvalue weighted by molar-refractivity contribution is -0.144. The number of likely N-dealkylation sites (tertiary alicyclic amines) is 1. The first-order valence-electron chi connectivity index (χ1n) is 17.3. The van der Waals surface area contributed by atoms with Gasteiger partial charge in [-0.25, -0.2) is 0 Å². The smallest absolute Gasteiger partial charge is 0.258 e. The third kappa shape index (κ3) is 9.81. The van der Waals surface area contributed by atoms with E-state index in [0.29, 0.717) is 18.7 Å². The molecule has 2 aliphatic heterocycles. The summed E-state index contributed by atoms with van der Waals surface area (Å²) in [4.78, 5) is 56.9. The van der Waals surface area contributed by atoms with E-state index in [2.05, 4.69) is 57.9 Å². The van der Waals surface area contributed by atoms with Gasteiger partial charge in [-0.1, -0.05) is 46.8 Å². The number of fused-ring (bicyclic) bond motifs is 2. The molecule has 3 heterocycles.